The maximum absolute atomic E-state index is 14.3. The molecule has 2 aromatic heterocycles. The first-order valence-electron chi connectivity index (χ1n) is 13.6. The van der Waals surface area contributed by atoms with E-state index in [1.807, 2.05) is 0 Å². The van der Waals surface area contributed by atoms with Gasteiger partial charge in [0.05, 0.1) is 34.2 Å². The highest BCUT2D eigenvalue weighted by atomic mass is 19.4. The highest BCUT2D eigenvalue weighted by molar-refractivity contribution is 5.99. The van der Waals surface area contributed by atoms with E-state index in [-0.39, 0.29) is 49.6 Å². The van der Waals surface area contributed by atoms with E-state index in [9.17, 15) is 35.9 Å². The number of benzene rings is 1. The maximum atomic E-state index is 14.3. The summed E-state index contributed by atoms with van der Waals surface area (Å²) in [5.41, 5.74) is 5.02. The van der Waals surface area contributed by atoms with Crippen LogP contribution in [-0.2, 0) is 30.0 Å². The number of carbonyl (C=O) groups is 2. The van der Waals surface area contributed by atoms with Crippen LogP contribution in [0.25, 0.3) is 5.69 Å². The number of halogens is 6. The highest BCUT2D eigenvalue weighted by Gasteiger charge is 2.43. The molecule has 0 bridgehead atoms. The van der Waals surface area contributed by atoms with Crippen molar-refractivity contribution in [2.24, 2.45) is 0 Å². The lowest BCUT2D eigenvalue weighted by Gasteiger charge is -2.38. The molecule has 1 aromatic carbocycles. The third-order valence-electron chi connectivity index (χ3n) is 8.22. The molecule has 3 aliphatic rings. The zero-order chi connectivity index (χ0) is 30.8. The molecule has 2 N–H and O–H groups in total. The van der Waals surface area contributed by atoms with E-state index < -0.39 is 47.2 Å². The molecule has 226 valence electrons. The molecule has 2 aliphatic heterocycles. The van der Waals surface area contributed by atoms with Gasteiger partial charge in [-0.1, -0.05) is 12.6 Å². The first-order valence-corrected chi connectivity index (χ1v) is 13.6. The fraction of sp³-hybridized carbons (Fsp3) is 0.379. The molecular formula is C29H26F6N6O2. The van der Waals surface area contributed by atoms with Crippen molar-refractivity contribution in [3.8, 4) is 5.69 Å². The van der Waals surface area contributed by atoms with Crippen molar-refractivity contribution in [1.82, 2.24) is 24.6 Å². The van der Waals surface area contributed by atoms with Crippen LogP contribution < -0.4 is 5.73 Å². The monoisotopic (exact) mass is 604 g/mol. The third-order valence-corrected chi connectivity index (χ3v) is 8.22. The fourth-order valence-electron chi connectivity index (χ4n) is 5.96. The predicted octanol–water partition coefficient (Wildman–Crippen LogP) is 5.07. The molecule has 0 unspecified atom stereocenters. The van der Waals surface area contributed by atoms with E-state index in [0.717, 1.165) is 25.1 Å². The summed E-state index contributed by atoms with van der Waals surface area (Å²) in [4.78, 5) is 32.6. The van der Waals surface area contributed by atoms with E-state index in [1.54, 1.807) is 6.07 Å². The van der Waals surface area contributed by atoms with Crippen LogP contribution in [0.4, 0.5) is 32.0 Å². The van der Waals surface area contributed by atoms with Crippen LogP contribution in [0.1, 0.15) is 68.9 Å². The fourth-order valence-corrected chi connectivity index (χ4v) is 5.96. The summed E-state index contributed by atoms with van der Waals surface area (Å²) in [6, 6.07) is 4.01. The minimum absolute atomic E-state index is 0.0142. The molecule has 14 heteroatoms. The lowest BCUT2D eigenvalue weighted by Crippen LogP contribution is -2.46. The lowest BCUT2D eigenvalue weighted by atomic mass is 9.94. The normalized spacial score (nSPS) is 18.7. The molecular weight excluding hydrogens is 578 g/mol. The number of hydrogen-bond donors (Lipinski definition) is 1. The molecule has 2 amide bonds. The van der Waals surface area contributed by atoms with Gasteiger partial charge in [-0.15, -0.1) is 0 Å². The van der Waals surface area contributed by atoms with Gasteiger partial charge in [0.25, 0.3) is 5.91 Å². The Morgan fingerprint density at radius 2 is 1.77 bits per heavy atom. The zero-order valence-corrected chi connectivity index (χ0v) is 22.7. The van der Waals surface area contributed by atoms with Crippen molar-refractivity contribution in [1.29, 1.82) is 0 Å². The SMILES string of the molecule is C=CC(=O)N1CCc2nn(-c3ccc(C4CC4)cc3C(F)(F)F)c3c2[C@H](C1)N(C(=O)c1cnc(C(F)(F)F)cc1N)CC3. The number of nitrogens with zero attached hydrogens (tertiary/aromatic N) is 5. The molecule has 6 rings (SSSR count). The molecule has 0 spiro atoms. The van der Waals surface area contributed by atoms with Crippen LogP contribution in [0.3, 0.4) is 0 Å². The minimum atomic E-state index is -4.77. The summed E-state index contributed by atoms with van der Waals surface area (Å²) < 4.78 is 83.7. The lowest BCUT2D eigenvalue weighted by molar-refractivity contribution is -0.141. The Morgan fingerprint density at radius 3 is 2.40 bits per heavy atom. The zero-order valence-electron chi connectivity index (χ0n) is 22.7. The van der Waals surface area contributed by atoms with Gasteiger partial charge in [-0.3, -0.25) is 14.6 Å². The number of pyridine rings is 1. The number of aromatic nitrogens is 3. The van der Waals surface area contributed by atoms with Crippen LogP contribution in [0.5, 0.6) is 0 Å². The number of hydrogen-bond acceptors (Lipinski definition) is 5. The topological polar surface area (TPSA) is 97.4 Å². The Balaban J connectivity index is 1.45. The van der Waals surface area contributed by atoms with E-state index >= 15 is 0 Å². The quantitative estimate of drug-likeness (QED) is 0.331. The minimum Gasteiger partial charge on any atom is -0.398 e. The van der Waals surface area contributed by atoms with E-state index in [2.05, 4.69) is 16.7 Å². The number of alkyl halides is 6. The molecule has 1 fully saturated rings. The van der Waals surface area contributed by atoms with E-state index in [4.69, 9.17) is 5.73 Å². The third kappa shape index (κ3) is 5.12. The molecule has 8 nitrogen and oxygen atoms in total. The summed E-state index contributed by atoms with van der Waals surface area (Å²) >= 11 is 0. The van der Waals surface area contributed by atoms with Gasteiger partial charge >= 0.3 is 12.4 Å². The van der Waals surface area contributed by atoms with Gasteiger partial charge in [0, 0.05) is 49.9 Å². The van der Waals surface area contributed by atoms with E-state index in [1.165, 1.54) is 26.6 Å². The smallest absolute Gasteiger partial charge is 0.398 e. The van der Waals surface area contributed by atoms with Crippen molar-refractivity contribution in [2.45, 2.75) is 50.0 Å². The van der Waals surface area contributed by atoms with Crippen LogP contribution in [0.2, 0.25) is 0 Å². The standard InChI is InChI=1S/C29H26F6N6O2/c1-2-25(42)39-9-7-20-26-22(41(38-20)21-6-5-16(15-3-4-15)11-18(21)28(30,31)32)8-10-40(23(26)14-39)27(43)17-13-37-24(12-19(17)36)29(33,34)35/h2,5-6,11-13,15,23H,1,3-4,7-10,14H2,(H2,36,37)/t23-/m0/s1. The number of carbonyl (C=O) groups excluding carboxylic acids is 2. The van der Waals surface area contributed by atoms with Crippen molar-refractivity contribution in [3.05, 3.63) is 82.5 Å². The van der Waals surface area contributed by atoms with E-state index in [0.29, 0.717) is 28.6 Å². The maximum Gasteiger partial charge on any atom is 0.433 e. The predicted molar refractivity (Wildman–Crippen MR) is 142 cm³/mol. The number of nitrogen functional groups attached to an aromatic ring is 1. The molecule has 1 aliphatic carbocycles. The van der Waals surface area contributed by atoms with Gasteiger partial charge in [-0.2, -0.15) is 31.4 Å². The van der Waals surface area contributed by atoms with Crippen LogP contribution >= 0.6 is 0 Å². The summed E-state index contributed by atoms with van der Waals surface area (Å²) in [7, 11) is 0. The first-order chi connectivity index (χ1) is 20.3. The van der Waals surface area contributed by atoms with Crippen LogP contribution in [0.15, 0.2) is 43.1 Å². The van der Waals surface area contributed by atoms with Crippen LogP contribution in [-0.4, -0.2) is 56.0 Å². The molecule has 1 atom stereocenters. The summed E-state index contributed by atoms with van der Waals surface area (Å²) in [6.07, 6.45) is -5.54. The van der Waals surface area contributed by atoms with Gasteiger partial charge in [0.1, 0.15) is 5.69 Å². The Kier molecular flexibility index (Phi) is 6.77. The molecule has 43 heavy (non-hydrogen) atoms. The molecule has 0 radical (unpaired) electrons. The van der Waals surface area contributed by atoms with Gasteiger partial charge in [0.2, 0.25) is 5.91 Å². The molecule has 3 aromatic rings. The Hall–Kier alpha value is -4.36. The molecule has 4 heterocycles. The number of amides is 2. The highest BCUT2D eigenvalue weighted by Crippen LogP contribution is 2.45. The average molecular weight is 605 g/mol. The second-order valence-electron chi connectivity index (χ2n) is 10.9. The average Bonchev–Trinajstić information content (AvgIpc) is 3.76. The Labute approximate surface area is 241 Å². The number of rotatable bonds is 4. The van der Waals surface area contributed by atoms with Gasteiger partial charge in [-0.25, -0.2) is 4.68 Å². The Bertz CT molecular complexity index is 1640. The largest absolute Gasteiger partial charge is 0.433 e. The van der Waals surface area contributed by atoms with Gasteiger partial charge in [0.15, 0.2) is 0 Å². The van der Waals surface area contributed by atoms with Crippen molar-refractivity contribution in [3.63, 3.8) is 0 Å². The molecule has 1 saturated carbocycles. The summed E-state index contributed by atoms with van der Waals surface area (Å²) in [5, 5.41) is 4.60. The number of anilines is 1. The van der Waals surface area contributed by atoms with Crippen molar-refractivity contribution >= 4 is 17.5 Å². The second-order valence-corrected chi connectivity index (χ2v) is 10.9. The molecule has 0 saturated heterocycles. The van der Waals surface area contributed by atoms with Crippen molar-refractivity contribution in [2.75, 3.05) is 25.4 Å². The summed E-state index contributed by atoms with van der Waals surface area (Å²) in [5.74, 6) is -1.03. The second kappa shape index (κ2) is 10.1. The number of nitrogens with two attached hydrogens (primary N) is 1. The van der Waals surface area contributed by atoms with Crippen LogP contribution in [0, 0.1) is 0 Å². The Morgan fingerprint density at radius 1 is 1.02 bits per heavy atom. The first kappa shape index (κ1) is 28.7. The van der Waals surface area contributed by atoms with Gasteiger partial charge < -0.3 is 15.5 Å². The summed E-state index contributed by atoms with van der Waals surface area (Å²) in [6.45, 7) is 3.65. The van der Waals surface area contributed by atoms with Gasteiger partial charge in [-0.05, 0) is 48.6 Å². The van der Waals surface area contributed by atoms with Crippen molar-refractivity contribution < 1.29 is 35.9 Å².